The number of nitrogen functional groups attached to an aromatic ring is 1. The first-order valence-corrected chi connectivity index (χ1v) is 6.47. The summed E-state index contributed by atoms with van der Waals surface area (Å²) < 4.78 is 5.55. The van der Waals surface area contributed by atoms with Crippen LogP contribution in [0.3, 0.4) is 0 Å². The van der Waals surface area contributed by atoms with Gasteiger partial charge >= 0.3 is 6.09 Å². The number of carbonyl (C=O) groups excluding carboxylic acids is 1. The molecule has 2 N–H and O–H groups in total. The van der Waals surface area contributed by atoms with Crippen molar-refractivity contribution in [3.63, 3.8) is 0 Å². The number of anilines is 3. The Hall–Kier alpha value is -2.49. The van der Waals surface area contributed by atoms with Gasteiger partial charge in [-0.2, -0.15) is 0 Å². The maximum atomic E-state index is 12.3. The molecule has 0 saturated carbocycles. The molecule has 2 aromatic carbocycles. The van der Waals surface area contributed by atoms with Crippen LogP contribution in [0.1, 0.15) is 19.4 Å². The zero-order chi connectivity index (χ0) is 14.3. The molecular formula is C16H16N2O2. The number of ether oxygens (including phenoxy) is 1. The van der Waals surface area contributed by atoms with Crippen molar-refractivity contribution in [3.05, 3.63) is 54.1 Å². The van der Waals surface area contributed by atoms with Gasteiger partial charge in [0, 0.05) is 11.3 Å². The first-order valence-electron chi connectivity index (χ1n) is 6.47. The Morgan fingerprint density at radius 2 is 1.80 bits per heavy atom. The van der Waals surface area contributed by atoms with Crippen molar-refractivity contribution in [1.29, 1.82) is 0 Å². The number of benzene rings is 2. The van der Waals surface area contributed by atoms with Crippen molar-refractivity contribution in [2.75, 3.05) is 10.6 Å². The minimum absolute atomic E-state index is 0.376. The molecule has 0 spiro atoms. The van der Waals surface area contributed by atoms with Gasteiger partial charge in [0.15, 0.2) is 0 Å². The van der Waals surface area contributed by atoms with Crippen molar-refractivity contribution in [2.45, 2.75) is 19.4 Å². The summed E-state index contributed by atoms with van der Waals surface area (Å²) >= 11 is 0. The second-order valence-electron chi connectivity index (χ2n) is 5.33. The van der Waals surface area contributed by atoms with E-state index < -0.39 is 5.60 Å². The van der Waals surface area contributed by atoms with E-state index in [1.54, 1.807) is 11.0 Å². The summed E-state index contributed by atoms with van der Waals surface area (Å²) in [5, 5.41) is 0. The summed E-state index contributed by atoms with van der Waals surface area (Å²) in [6.07, 6.45) is -0.376. The summed E-state index contributed by atoms with van der Waals surface area (Å²) in [7, 11) is 0. The zero-order valence-corrected chi connectivity index (χ0v) is 11.5. The van der Waals surface area contributed by atoms with Gasteiger partial charge < -0.3 is 10.5 Å². The standard InChI is InChI=1S/C16H16N2O2/c1-16(2)13-10-11(17)8-9-14(13)18(15(19)20-16)12-6-4-3-5-7-12/h3-10H,17H2,1-2H3. The molecule has 0 bridgehead atoms. The number of amides is 1. The van der Waals surface area contributed by atoms with Gasteiger partial charge in [-0.25, -0.2) is 9.69 Å². The maximum absolute atomic E-state index is 12.3. The van der Waals surface area contributed by atoms with Crippen LogP contribution < -0.4 is 10.6 Å². The third kappa shape index (κ3) is 1.90. The van der Waals surface area contributed by atoms with E-state index in [1.165, 1.54) is 0 Å². The van der Waals surface area contributed by atoms with Gasteiger partial charge in [0.25, 0.3) is 0 Å². The lowest BCUT2D eigenvalue weighted by Crippen LogP contribution is -2.40. The van der Waals surface area contributed by atoms with Crippen molar-refractivity contribution in [1.82, 2.24) is 0 Å². The molecule has 1 aliphatic rings. The van der Waals surface area contributed by atoms with Gasteiger partial charge in [-0.3, -0.25) is 0 Å². The van der Waals surface area contributed by atoms with Crippen molar-refractivity contribution >= 4 is 23.2 Å². The quantitative estimate of drug-likeness (QED) is 0.800. The minimum Gasteiger partial charge on any atom is -0.438 e. The number of rotatable bonds is 1. The molecule has 1 heterocycles. The molecule has 0 radical (unpaired) electrons. The second-order valence-corrected chi connectivity index (χ2v) is 5.33. The molecule has 0 aliphatic carbocycles. The molecule has 0 saturated heterocycles. The molecule has 102 valence electrons. The highest BCUT2D eigenvalue weighted by atomic mass is 16.6. The first kappa shape index (κ1) is 12.5. The molecule has 0 fully saturated rings. The molecule has 20 heavy (non-hydrogen) atoms. The van der Waals surface area contributed by atoms with E-state index in [0.29, 0.717) is 5.69 Å². The van der Waals surface area contributed by atoms with E-state index in [0.717, 1.165) is 16.9 Å². The molecule has 0 atom stereocenters. The molecular weight excluding hydrogens is 252 g/mol. The number of nitrogens with zero attached hydrogens (tertiary/aromatic N) is 1. The molecule has 1 amide bonds. The Balaban J connectivity index is 2.21. The lowest BCUT2D eigenvalue weighted by Gasteiger charge is -2.38. The summed E-state index contributed by atoms with van der Waals surface area (Å²) in [4.78, 5) is 13.9. The molecule has 0 aromatic heterocycles. The smallest absolute Gasteiger partial charge is 0.419 e. The van der Waals surface area contributed by atoms with Gasteiger partial charge in [-0.05, 0) is 44.2 Å². The van der Waals surface area contributed by atoms with E-state index in [2.05, 4.69) is 0 Å². The predicted molar refractivity (Wildman–Crippen MR) is 78.9 cm³/mol. The normalized spacial score (nSPS) is 16.5. The predicted octanol–water partition coefficient (Wildman–Crippen LogP) is 3.79. The Kier molecular flexibility index (Phi) is 2.67. The van der Waals surface area contributed by atoms with Crippen LogP contribution in [0.25, 0.3) is 0 Å². The van der Waals surface area contributed by atoms with Crippen LogP contribution in [-0.4, -0.2) is 6.09 Å². The van der Waals surface area contributed by atoms with E-state index in [9.17, 15) is 4.79 Å². The third-order valence-corrected chi connectivity index (χ3v) is 3.45. The van der Waals surface area contributed by atoms with Gasteiger partial charge in [0.1, 0.15) is 5.60 Å². The van der Waals surface area contributed by atoms with E-state index >= 15 is 0 Å². The summed E-state index contributed by atoms with van der Waals surface area (Å²) in [5.74, 6) is 0. The molecule has 2 aromatic rings. The topological polar surface area (TPSA) is 55.6 Å². The molecule has 4 nitrogen and oxygen atoms in total. The fraction of sp³-hybridized carbons (Fsp3) is 0.188. The number of para-hydroxylation sites is 1. The largest absolute Gasteiger partial charge is 0.438 e. The van der Waals surface area contributed by atoms with Gasteiger partial charge in [-0.1, -0.05) is 18.2 Å². The second kappa shape index (κ2) is 4.27. The summed E-state index contributed by atoms with van der Waals surface area (Å²) in [5.41, 5.74) is 8.32. The van der Waals surface area contributed by atoms with Crippen LogP contribution in [0, 0.1) is 0 Å². The number of fused-ring (bicyclic) bond motifs is 1. The van der Waals surface area contributed by atoms with Crippen LogP contribution in [0.15, 0.2) is 48.5 Å². The zero-order valence-electron chi connectivity index (χ0n) is 11.5. The Morgan fingerprint density at radius 1 is 1.10 bits per heavy atom. The first-order chi connectivity index (χ1) is 9.49. The molecule has 3 rings (SSSR count). The van der Waals surface area contributed by atoms with Crippen molar-refractivity contribution in [2.24, 2.45) is 0 Å². The third-order valence-electron chi connectivity index (χ3n) is 3.45. The number of nitrogens with two attached hydrogens (primary N) is 1. The van der Waals surface area contributed by atoms with Crippen LogP contribution in [0.2, 0.25) is 0 Å². The SMILES string of the molecule is CC1(C)OC(=O)N(c2ccccc2)c2ccc(N)cc21. The summed E-state index contributed by atoms with van der Waals surface area (Å²) in [6, 6.07) is 15.0. The number of carbonyl (C=O) groups is 1. The minimum atomic E-state index is -0.687. The Bertz CT molecular complexity index is 665. The molecule has 1 aliphatic heterocycles. The van der Waals surface area contributed by atoms with Crippen LogP contribution in [0.5, 0.6) is 0 Å². The van der Waals surface area contributed by atoms with Gasteiger partial charge in [-0.15, -0.1) is 0 Å². The lowest BCUT2D eigenvalue weighted by atomic mass is 9.93. The monoisotopic (exact) mass is 268 g/mol. The van der Waals surface area contributed by atoms with Crippen LogP contribution in [-0.2, 0) is 10.3 Å². The average Bonchev–Trinajstić information content (AvgIpc) is 2.40. The number of hydrogen-bond donors (Lipinski definition) is 1. The molecule has 0 unspecified atom stereocenters. The lowest BCUT2D eigenvalue weighted by molar-refractivity contribution is 0.0374. The van der Waals surface area contributed by atoms with Crippen molar-refractivity contribution in [3.8, 4) is 0 Å². The fourth-order valence-electron chi connectivity index (χ4n) is 2.47. The highest BCUT2D eigenvalue weighted by Crippen LogP contribution is 2.42. The van der Waals surface area contributed by atoms with E-state index in [1.807, 2.05) is 56.3 Å². The highest BCUT2D eigenvalue weighted by Gasteiger charge is 2.38. The summed E-state index contributed by atoms with van der Waals surface area (Å²) in [6.45, 7) is 3.73. The van der Waals surface area contributed by atoms with Crippen LogP contribution in [0.4, 0.5) is 21.9 Å². The fourth-order valence-corrected chi connectivity index (χ4v) is 2.47. The Labute approximate surface area is 117 Å². The van der Waals surface area contributed by atoms with Gasteiger partial charge in [0.05, 0.1) is 11.4 Å². The Morgan fingerprint density at radius 3 is 2.50 bits per heavy atom. The van der Waals surface area contributed by atoms with Gasteiger partial charge in [0.2, 0.25) is 0 Å². The van der Waals surface area contributed by atoms with E-state index in [-0.39, 0.29) is 6.09 Å². The average molecular weight is 268 g/mol. The molecule has 4 heteroatoms. The highest BCUT2D eigenvalue weighted by molar-refractivity contribution is 5.99. The number of cyclic esters (lactones) is 1. The maximum Gasteiger partial charge on any atom is 0.419 e. The van der Waals surface area contributed by atoms with E-state index in [4.69, 9.17) is 10.5 Å². The number of hydrogen-bond acceptors (Lipinski definition) is 3. The van der Waals surface area contributed by atoms with Crippen LogP contribution >= 0.6 is 0 Å². The van der Waals surface area contributed by atoms with Crippen molar-refractivity contribution < 1.29 is 9.53 Å².